The number of amides is 2. The molecule has 0 radical (unpaired) electrons. The van der Waals surface area contributed by atoms with Crippen LogP contribution in [0.4, 0.5) is 25.0 Å². The number of hydrogen-bond donors (Lipinski definition) is 1. The number of phenols is 1. The third-order valence-electron chi connectivity index (χ3n) is 5.95. The Balaban J connectivity index is 1.50. The van der Waals surface area contributed by atoms with Crippen molar-refractivity contribution in [2.75, 3.05) is 23.0 Å². The number of aromatic hydroxyl groups is 1. The summed E-state index contributed by atoms with van der Waals surface area (Å²) in [4.78, 5) is 28.4. The summed E-state index contributed by atoms with van der Waals surface area (Å²) < 4.78 is 38.4. The van der Waals surface area contributed by atoms with Crippen LogP contribution >= 0.6 is 0 Å². The number of ether oxygens (including phenoxy) is 2. The maximum Gasteiger partial charge on any atom is 0.415 e. The molecule has 7 nitrogen and oxygen atoms in total. The highest BCUT2D eigenvalue weighted by Crippen LogP contribution is 2.40. The van der Waals surface area contributed by atoms with Crippen molar-refractivity contribution in [3.8, 4) is 5.75 Å². The molecule has 0 bridgehead atoms. The average Bonchev–Trinajstić information content (AvgIpc) is 3.18. The van der Waals surface area contributed by atoms with Gasteiger partial charge in [-0.1, -0.05) is 12.1 Å². The zero-order valence-corrected chi connectivity index (χ0v) is 17.8. The van der Waals surface area contributed by atoms with Crippen LogP contribution in [0.1, 0.15) is 11.6 Å². The number of morpholine rings is 1. The van der Waals surface area contributed by atoms with Crippen molar-refractivity contribution in [2.45, 2.75) is 18.2 Å². The van der Waals surface area contributed by atoms with E-state index in [0.29, 0.717) is 16.9 Å². The number of rotatable bonds is 4. The Morgan fingerprint density at radius 2 is 1.41 bits per heavy atom. The summed E-state index contributed by atoms with van der Waals surface area (Å²) >= 11 is 0. The molecular weight excluding hydrogens is 446 g/mol. The smallest absolute Gasteiger partial charge is 0.415 e. The lowest BCUT2D eigenvalue weighted by atomic mass is 9.95. The number of halogens is 2. The largest absolute Gasteiger partial charge is 0.508 e. The van der Waals surface area contributed by atoms with E-state index >= 15 is 0 Å². The molecule has 0 saturated carbocycles. The van der Waals surface area contributed by atoms with Gasteiger partial charge in [0.05, 0.1) is 6.54 Å². The number of carbonyl (C=O) groups is 2. The maximum atomic E-state index is 13.5. The quantitative estimate of drug-likeness (QED) is 0.625. The molecule has 1 unspecified atom stereocenters. The minimum atomic E-state index is -0.821. The van der Waals surface area contributed by atoms with Gasteiger partial charge in [-0.05, 0) is 66.2 Å². The number of hydrogen-bond acceptors (Lipinski definition) is 5. The molecule has 5 rings (SSSR count). The molecule has 34 heavy (non-hydrogen) atoms. The van der Waals surface area contributed by atoms with Gasteiger partial charge in [-0.25, -0.2) is 13.6 Å². The van der Waals surface area contributed by atoms with E-state index in [1.54, 1.807) is 12.1 Å². The number of carbonyl (C=O) groups excluding carboxylic acids is 2. The first-order chi connectivity index (χ1) is 16.4. The summed E-state index contributed by atoms with van der Waals surface area (Å²) in [6, 6.07) is 16.6. The molecule has 2 saturated heterocycles. The fourth-order valence-electron chi connectivity index (χ4n) is 4.32. The van der Waals surface area contributed by atoms with Crippen molar-refractivity contribution in [1.82, 2.24) is 0 Å². The topological polar surface area (TPSA) is 79.3 Å². The predicted molar refractivity (Wildman–Crippen MR) is 118 cm³/mol. The van der Waals surface area contributed by atoms with Gasteiger partial charge in [0, 0.05) is 11.4 Å². The van der Waals surface area contributed by atoms with Gasteiger partial charge in [-0.3, -0.25) is 9.69 Å². The molecule has 3 aromatic rings. The summed E-state index contributed by atoms with van der Waals surface area (Å²) in [5.74, 6) is -1.11. The predicted octanol–water partition coefficient (Wildman–Crippen LogP) is 4.17. The van der Waals surface area contributed by atoms with Crippen molar-refractivity contribution in [3.05, 3.63) is 90.0 Å². The van der Waals surface area contributed by atoms with E-state index in [0.717, 1.165) is 0 Å². The van der Waals surface area contributed by atoms with E-state index in [2.05, 4.69) is 0 Å². The van der Waals surface area contributed by atoms with Gasteiger partial charge in [0.1, 0.15) is 36.1 Å². The minimum absolute atomic E-state index is 0.0564. The highest BCUT2D eigenvalue weighted by atomic mass is 19.1. The van der Waals surface area contributed by atoms with Crippen LogP contribution < -0.4 is 9.80 Å². The van der Waals surface area contributed by atoms with Gasteiger partial charge in [0.15, 0.2) is 6.10 Å². The molecule has 1 N–H and O–H groups in total. The molecule has 2 fully saturated rings. The molecular formula is C25H20F2N2O5. The Kier molecular flexibility index (Phi) is 5.62. The molecule has 2 heterocycles. The van der Waals surface area contributed by atoms with Gasteiger partial charge in [-0.2, -0.15) is 0 Å². The van der Waals surface area contributed by atoms with E-state index in [1.807, 2.05) is 0 Å². The lowest BCUT2D eigenvalue weighted by molar-refractivity contribution is -0.133. The Morgan fingerprint density at radius 1 is 0.824 bits per heavy atom. The van der Waals surface area contributed by atoms with Gasteiger partial charge >= 0.3 is 6.09 Å². The second kappa shape index (κ2) is 8.75. The third kappa shape index (κ3) is 4.06. The highest BCUT2D eigenvalue weighted by Gasteiger charge is 2.49. The van der Waals surface area contributed by atoms with Crippen LogP contribution in [0.25, 0.3) is 0 Å². The summed E-state index contributed by atoms with van der Waals surface area (Å²) in [5, 5.41) is 9.74. The number of benzene rings is 3. The lowest BCUT2D eigenvalue weighted by Gasteiger charge is -2.36. The number of nitrogens with zero attached hydrogens (tertiary/aromatic N) is 2. The highest BCUT2D eigenvalue weighted by molar-refractivity contribution is 5.95. The van der Waals surface area contributed by atoms with Crippen LogP contribution in [-0.4, -0.2) is 42.5 Å². The van der Waals surface area contributed by atoms with Crippen LogP contribution in [0.3, 0.4) is 0 Å². The second-order valence-electron chi connectivity index (χ2n) is 8.06. The van der Waals surface area contributed by atoms with Crippen LogP contribution in [0, 0.1) is 11.6 Å². The Hall–Kier alpha value is -3.98. The van der Waals surface area contributed by atoms with E-state index in [1.165, 1.54) is 70.5 Å². The van der Waals surface area contributed by atoms with Crippen molar-refractivity contribution in [3.63, 3.8) is 0 Å². The van der Waals surface area contributed by atoms with Gasteiger partial charge in [-0.15, -0.1) is 0 Å². The number of anilines is 2. The SMILES string of the molecule is O=C1CO[C@@H](C2OC(=O)N(c3ccc(F)cc3)[C@@H]2c2ccc(O)cc2)CN1c1ccc(F)cc1. The maximum absolute atomic E-state index is 13.5. The van der Waals surface area contributed by atoms with Crippen molar-refractivity contribution >= 4 is 23.4 Å². The molecule has 0 aliphatic carbocycles. The summed E-state index contributed by atoms with van der Waals surface area (Å²) in [6.45, 7) is -0.163. The van der Waals surface area contributed by atoms with E-state index in [-0.39, 0.29) is 24.8 Å². The molecule has 2 aliphatic rings. The Bertz CT molecular complexity index is 1200. The first-order valence-corrected chi connectivity index (χ1v) is 10.6. The van der Waals surface area contributed by atoms with Gasteiger partial charge in [0.25, 0.3) is 5.91 Å². The van der Waals surface area contributed by atoms with Crippen LogP contribution in [-0.2, 0) is 14.3 Å². The summed E-state index contributed by atoms with van der Waals surface area (Å²) in [7, 11) is 0. The van der Waals surface area contributed by atoms with Crippen molar-refractivity contribution in [1.29, 1.82) is 0 Å². The number of cyclic esters (lactones) is 1. The monoisotopic (exact) mass is 466 g/mol. The molecule has 3 aromatic carbocycles. The van der Waals surface area contributed by atoms with E-state index in [4.69, 9.17) is 9.47 Å². The standard InChI is InChI=1S/C25H20F2N2O5/c26-16-3-7-18(8-4-16)28-13-21(33-14-22(28)31)24-23(15-1-11-20(30)12-2-15)29(25(32)34-24)19-9-5-17(27)6-10-19/h1-12,21,23-24,30H,13-14H2/t21-,23-,24?/m1/s1. The zero-order chi connectivity index (χ0) is 23.8. The Morgan fingerprint density at radius 3 is 2.03 bits per heavy atom. The normalized spacial score (nSPS) is 22.7. The number of phenolic OH excluding ortho intramolecular Hbond substituents is 1. The Labute approximate surface area is 193 Å². The van der Waals surface area contributed by atoms with E-state index < -0.39 is 36.0 Å². The molecule has 0 spiro atoms. The second-order valence-corrected chi connectivity index (χ2v) is 8.06. The third-order valence-corrected chi connectivity index (χ3v) is 5.95. The molecule has 3 atom stereocenters. The lowest BCUT2D eigenvalue weighted by Crippen LogP contribution is -2.52. The van der Waals surface area contributed by atoms with Crippen LogP contribution in [0.5, 0.6) is 5.75 Å². The van der Waals surface area contributed by atoms with Gasteiger partial charge in [0.2, 0.25) is 0 Å². The molecule has 9 heteroatoms. The molecule has 0 aromatic heterocycles. The zero-order valence-electron chi connectivity index (χ0n) is 17.8. The minimum Gasteiger partial charge on any atom is -0.508 e. The first-order valence-electron chi connectivity index (χ1n) is 10.6. The fourth-order valence-corrected chi connectivity index (χ4v) is 4.32. The summed E-state index contributed by atoms with van der Waals surface area (Å²) in [6.07, 6.45) is -2.17. The molecule has 2 amide bonds. The first kappa shape index (κ1) is 21.8. The fraction of sp³-hybridized carbons (Fsp3) is 0.200. The average molecular weight is 466 g/mol. The van der Waals surface area contributed by atoms with Crippen LogP contribution in [0.2, 0.25) is 0 Å². The molecule has 174 valence electrons. The van der Waals surface area contributed by atoms with E-state index in [9.17, 15) is 23.5 Å². The van der Waals surface area contributed by atoms with Crippen molar-refractivity contribution in [2.24, 2.45) is 0 Å². The summed E-state index contributed by atoms with van der Waals surface area (Å²) in [5.41, 5.74) is 1.58. The van der Waals surface area contributed by atoms with Crippen molar-refractivity contribution < 1.29 is 33.0 Å². The molecule has 2 aliphatic heterocycles. The van der Waals surface area contributed by atoms with Crippen LogP contribution in [0.15, 0.2) is 72.8 Å². The van der Waals surface area contributed by atoms with Gasteiger partial charge < -0.3 is 19.5 Å².